The summed E-state index contributed by atoms with van der Waals surface area (Å²) < 4.78 is 0. The van der Waals surface area contributed by atoms with Gasteiger partial charge in [0.1, 0.15) is 0 Å². The van der Waals surface area contributed by atoms with E-state index in [0.717, 1.165) is 32.1 Å². The van der Waals surface area contributed by atoms with Gasteiger partial charge in [-0.05, 0) is 25.0 Å². The first kappa shape index (κ1) is 18.3. The standard InChI is InChI=1S/C18H24N4O4/c19-18(8-2-1-3-9-18)17(24)21-12-10-20(11-13-21)16(23)14-4-6-15(7-5-14)22(25)26/h4-7H,1-3,8-13,19H2. The average molecular weight is 360 g/mol. The number of rotatable bonds is 3. The number of nitrogens with zero attached hydrogens (tertiary/aromatic N) is 3. The van der Waals surface area contributed by atoms with E-state index in [0.29, 0.717) is 31.7 Å². The van der Waals surface area contributed by atoms with Crippen LogP contribution in [0.5, 0.6) is 0 Å². The van der Waals surface area contributed by atoms with Crippen LogP contribution in [-0.2, 0) is 4.79 Å². The van der Waals surface area contributed by atoms with Gasteiger partial charge in [-0.15, -0.1) is 0 Å². The molecule has 1 saturated heterocycles. The van der Waals surface area contributed by atoms with E-state index in [1.165, 1.54) is 24.3 Å². The van der Waals surface area contributed by atoms with Crippen molar-refractivity contribution in [1.29, 1.82) is 0 Å². The van der Waals surface area contributed by atoms with Crippen LogP contribution < -0.4 is 5.73 Å². The maximum atomic E-state index is 12.8. The monoisotopic (exact) mass is 360 g/mol. The molecule has 8 nitrogen and oxygen atoms in total. The number of piperazine rings is 1. The SMILES string of the molecule is NC1(C(=O)N2CCN(C(=O)c3ccc([N+](=O)[O-])cc3)CC2)CCCCC1. The van der Waals surface area contributed by atoms with E-state index < -0.39 is 10.5 Å². The van der Waals surface area contributed by atoms with Gasteiger partial charge in [0.25, 0.3) is 11.6 Å². The molecule has 0 aromatic heterocycles. The van der Waals surface area contributed by atoms with Crippen molar-refractivity contribution in [3.05, 3.63) is 39.9 Å². The highest BCUT2D eigenvalue weighted by Crippen LogP contribution is 2.28. The Labute approximate surface area is 152 Å². The second-order valence-corrected chi connectivity index (χ2v) is 7.11. The molecule has 1 aliphatic heterocycles. The van der Waals surface area contributed by atoms with Gasteiger partial charge in [-0.25, -0.2) is 0 Å². The molecule has 0 radical (unpaired) electrons. The molecule has 26 heavy (non-hydrogen) atoms. The summed E-state index contributed by atoms with van der Waals surface area (Å²) in [6.07, 6.45) is 4.56. The molecule has 0 unspecified atom stereocenters. The van der Waals surface area contributed by atoms with E-state index in [-0.39, 0.29) is 17.5 Å². The lowest BCUT2D eigenvalue weighted by molar-refractivity contribution is -0.384. The van der Waals surface area contributed by atoms with Crippen LogP contribution in [0.3, 0.4) is 0 Å². The molecule has 3 rings (SSSR count). The van der Waals surface area contributed by atoms with E-state index >= 15 is 0 Å². The van der Waals surface area contributed by atoms with E-state index in [2.05, 4.69) is 0 Å². The smallest absolute Gasteiger partial charge is 0.269 e. The van der Waals surface area contributed by atoms with Gasteiger partial charge >= 0.3 is 0 Å². The molecule has 0 bridgehead atoms. The third-order valence-electron chi connectivity index (χ3n) is 5.35. The lowest BCUT2D eigenvalue weighted by atomic mass is 9.81. The van der Waals surface area contributed by atoms with Crippen molar-refractivity contribution in [2.45, 2.75) is 37.6 Å². The zero-order valence-corrected chi connectivity index (χ0v) is 14.7. The number of amides is 2. The second-order valence-electron chi connectivity index (χ2n) is 7.11. The Balaban J connectivity index is 1.58. The zero-order chi connectivity index (χ0) is 18.7. The van der Waals surface area contributed by atoms with Crippen molar-refractivity contribution in [2.75, 3.05) is 26.2 Å². The van der Waals surface area contributed by atoms with Crippen molar-refractivity contribution < 1.29 is 14.5 Å². The highest BCUT2D eigenvalue weighted by Gasteiger charge is 2.39. The van der Waals surface area contributed by atoms with Gasteiger partial charge in [0.2, 0.25) is 5.91 Å². The minimum Gasteiger partial charge on any atom is -0.338 e. The van der Waals surface area contributed by atoms with Gasteiger partial charge in [-0.2, -0.15) is 0 Å². The molecule has 1 heterocycles. The van der Waals surface area contributed by atoms with E-state index in [1.54, 1.807) is 9.80 Å². The summed E-state index contributed by atoms with van der Waals surface area (Å²) >= 11 is 0. The van der Waals surface area contributed by atoms with Crippen LogP contribution in [0.25, 0.3) is 0 Å². The predicted octanol–water partition coefficient (Wildman–Crippen LogP) is 1.54. The fourth-order valence-corrected chi connectivity index (χ4v) is 3.73. The van der Waals surface area contributed by atoms with Gasteiger partial charge < -0.3 is 15.5 Å². The number of hydrogen-bond acceptors (Lipinski definition) is 5. The Hall–Kier alpha value is -2.48. The lowest BCUT2D eigenvalue weighted by Crippen LogP contribution is -2.60. The Morgan fingerprint density at radius 3 is 2.04 bits per heavy atom. The highest BCUT2D eigenvalue weighted by atomic mass is 16.6. The van der Waals surface area contributed by atoms with Crippen LogP contribution in [0.2, 0.25) is 0 Å². The maximum absolute atomic E-state index is 12.8. The quantitative estimate of drug-likeness (QED) is 0.649. The summed E-state index contributed by atoms with van der Waals surface area (Å²) in [7, 11) is 0. The van der Waals surface area contributed by atoms with Crippen LogP contribution in [0, 0.1) is 10.1 Å². The third-order valence-corrected chi connectivity index (χ3v) is 5.35. The van der Waals surface area contributed by atoms with Crippen LogP contribution in [0.15, 0.2) is 24.3 Å². The van der Waals surface area contributed by atoms with Gasteiger partial charge in [-0.1, -0.05) is 19.3 Å². The zero-order valence-electron chi connectivity index (χ0n) is 14.7. The molecule has 0 atom stereocenters. The van der Waals surface area contributed by atoms with Crippen molar-refractivity contribution in [2.24, 2.45) is 5.73 Å². The first-order chi connectivity index (χ1) is 12.4. The number of hydrogen-bond donors (Lipinski definition) is 1. The Bertz CT molecular complexity index is 690. The normalized spacial score (nSPS) is 19.9. The van der Waals surface area contributed by atoms with Crippen molar-refractivity contribution in [1.82, 2.24) is 9.80 Å². The molecule has 1 aromatic rings. The van der Waals surface area contributed by atoms with Gasteiger partial charge in [0.05, 0.1) is 10.5 Å². The molecule has 1 aliphatic carbocycles. The topological polar surface area (TPSA) is 110 Å². The highest BCUT2D eigenvalue weighted by molar-refractivity contribution is 5.94. The van der Waals surface area contributed by atoms with Crippen molar-refractivity contribution in [3.8, 4) is 0 Å². The number of benzene rings is 1. The van der Waals surface area contributed by atoms with Gasteiger partial charge in [-0.3, -0.25) is 19.7 Å². The number of nitrogens with two attached hydrogens (primary N) is 1. The van der Waals surface area contributed by atoms with Crippen LogP contribution in [0.1, 0.15) is 42.5 Å². The summed E-state index contributed by atoms with van der Waals surface area (Å²) in [5.74, 6) is -0.174. The van der Waals surface area contributed by atoms with Gasteiger partial charge in [0.15, 0.2) is 0 Å². The molecule has 8 heteroatoms. The average Bonchev–Trinajstić information content (AvgIpc) is 2.67. The number of non-ortho nitro benzene ring substituents is 1. The van der Waals surface area contributed by atoms with E-state index in [9.17, 15) is 19.7 Å². The fraction of sp³-hybridized carbons (Fsp3) is 0.556. The minimum absolute atomic E-state index is 0.000338. The van der Waals surface area contributed by atoms with Crippen LogP contribution >= 0.6 is 0 Å². The maximum Gasteiger partial charge on any atom is 0.269 e. The number of carbonyl (C=O) groups is 2. The first-order valence-corrected chi connectivity index (χ1v) is 9.03. The number of nitro benzene ring substituents is 1. The molecule has 0 spiro atoms. The summed E-state index contributed by atoms with van der Waals surface area (Å²) in [6, 6.07) is 5.59. The molecule has 2 amide bonds. The van der Waals surface area contributed by atoms with Crippen LogP contribution in [0.4, 0.5) is 5.69 Å². The second kappa shape index (κ2) is 7.41. The Kier molecular flexibility index (Phi) is 5.22. The minimum atomic E-state index is -0.747. The molecular weight excluding hydrogens is 336 g/mol. The first-order valence-electron chi connectivity index (χ1n) is 9.03. The summed E-state index contributed by atoms with van der Waals surface area (Å²) in [5, 5.41) is 10.7. The summed E-state index contributed by atoms with van der Waals surface area (Å²) in [5.41, 5.74) is 5.95. The molecule has 2 fully saturated rings. The molecule has 140 valence electrons. The third kappa shape index (κ3) is 3.70. The Morgan fingerprint density at radius 2 is 1.50 bits per heavy atom. The van der Waals surface area contributed by atoms with Crippen molar-refractivity contribution in [3.63, 3.8) is 0 Å². The number of nitro groups is 1. The van der Waals surface area contributed by atoms with E-state index in [4.69, 9.17) is 5.73 Å². The Morgan fingerprint density at radius 1 is 0.962 bits per heavy atom. The molecule has 2 aliphatic rings. The lowest BCUT2D eigenvalue weighted by Gasteiger charge is -2.41. The largest absolute Gasteiger partial charge is 0.338 e. The van der Waals surface area contributed by atoms with Gasteiger partial charge in [0, 0.05) is 43.9 Å². The van der Waals surface area contributed by atoms with E-state index in [1.807, 2.05) is 0 Å². The summed E-state index contributed by atoms with van der Waals surface area (Å²) in [4.78, 5) is 39.0. The molecule has 1 saturated carbocycles. The molecule has 1 aromatic carbocycles. The van der Waals surface area contributed by atoms with Crippen molar-refractivity contribution >= 4 is 17.5 Å². The molecule has 2 N–H and O–H groups in total. The van der Waals surface area contributed by atoms with Crippen LogP contribution in [-0.4, -0.2) is 58.3 Å². The predicted molar refractivity (Wildman–Crippen MR) is 95.6 cm³/mol. The molecular formula is C18H24N4O4. The summed E-state index contributed by atoms with van der Waals surface area (Å²) in [6.45, 7) is 1.82. The number of carbonyl (C=O) groups excluding carboxylic acids is 2. The fourth-order valence-electron chi connectivity index (χ4n) is 3.73.